The van der Waals surface area contributed by atoms with Gasteiger partial charge < -0.3 is 4.74 Å². The second kappa shape index (κ2) is 3.80. The lowest BCUT2D eigenvalue weighted by Crippen LogP contribution is -2.14. The summed E-state index contributed by atoms with van der Waals surface area (Å²) in [6, 6.07) is 5.32. The molecule has 0 atom stereocenters. The van der Waals surface area contributed by atoms with Gasteiger partial charge in [0.2, 0.25) is 0 Å². The summed E-state index contributed by atoms with van der Waals surface area (Å²) in [4.78, 5) is 0. The van der Waals surface area contributed by atoms with Crippen molar-refractivity contribution in [3.8, 4) is 5.75 Å². The first-order chi connectivity index (χ1) is 7.12. The maximum atomic E-state index is 13.2. The monoisotopic (exact) mass is 212 g/mol. The van der Waals surface area contributed by atoms with Gasteiger partial charge in [-0.15, -0.1) is 0 Å². The number of ether oxygens (including phenoxy) is 1. The zero-order valence-electron chi connectivity index (χ0n) is 8.72. The summed E-state index contributed by atoms with van der Waals surface area (Å²) in [7, 11) is 0. The predicted octanol–water partition coefficient (Wildman–Crippen LogP) is 3.21. The van der Waals surface area contributed by atoms with Gasteiger partial charge in [-0.25, -0.2) is 8.78 Å². The highest BCUT2D eigenvalue weighted by molar-refractivity contribution is 5.45. The van der Waals surface area contributed by atoms with Crippen LogP contribution in [0.4, 0.5) is 8.78 Å². The van der Waals surface area contributed by atoms with Crippen LogP contribution in [0, 0.1) is 0 Å². The van der Waals surface area contributed by atoms with Gasteiger partial charge in [0, 0.05) is 18.4 Å². The van der Waals surface area contributed by atoms with E-state index in [0.29, 0.717) is 17.9 Å². The highest BCUT2D eigenvalue weighted by Crippen LogP contribution is 2.38. The van der Waals surface area contributed by atoms with Crippen LogP contribution in [-0.2, 0) is 12.8 Å². The number of hydrogen-bond acceptors (Lipinski definition) is 1. The van der Waals surface area contributed by atoms with Crippen LogP contribution < -0.4 is 4.74 Å². The lowest BCUT2D eigenvalue weighted by atomic mass is 10.1. The van der Waals surface area contributed by atoms with E-state index in [1.807, 2.05) is 6.92 Å². The normalized spacial score (nSPS) is 17.5. The SMILES string of the molecule is CCCOc1cccc2c1CC(F)(F)C2. The van der Waals surface area contributed by atoms with Crippen molar-refractivity contribution in [2.75, 3.05) is 6.61 Å². The minimum absolute atomic E-state index is 0.147. The van der Waals surface area contributed by atoms with Crippen molar-refractivity contribution < 1.29 is 13.5 Å². The van der Waals surface area contributed by atoms with Crippen LogP contribution in [0.5, 0.6) is 5.75 Å². The van der Waals surface area contributed by atoms with Crippen LogP contribution in [-0.4, -0.2) is 12.5 Å². The van der Waals surface area contributed by atoms with Crippen molar-refractivity contribution in [3.63, 3.8) is 0 Å². The van der Waals surface area contributed by atoms with Crippen LogP contribution in [0.15, 0.2) is 18.2 Å². The van der Waals surface area contributed by atoms with Gasteiger partial charge in [-0.05, 0) is 18.1 Å². The Balaban J connectivity index is 2.25. The smallest absolute Gasteiger partial charge is 0.256 e. The zero-order valence-corrected chi connectivity index (χ0v) is 8.72. The Bertz CT molecular complexity index is 361. The average Bonchev–Trinajstić information content (AvgIpc) is 2.49. The summed E-state index contributed by atoms with van der Waals surface area (Å²) in [5.41, 5.74) is 1.42. The number of hydrogen-bond donors (Lipinski definition) is 0. The maximum Gasteiger partial charge on any atom is 0.256 e. The van der Waals surface area contributed by atoms with Crippen LogP contribution in [0.1, 0.15) is 24.5 Å². The van der Waals surface area contributed by atoms with Crippen molar-refractivity contribution in [2.45, 2.75) is 32.1 Å². The van der Waals surface area contributed by atoms with Crippen molar-refractivity contribution in [1.29, 1.82) is 0 Å². The van der Waals surface area contributed by atoms with Gasteiger partial charge in [0.1, 0.15) is 5.75 Å². The van der Waals surface area contributed by atoms with E-state index in [9.17, 15) is 8.78 Å². The number of rotatable bonds is 3. The molecular formula is C12H14F2O. The third kappa shape index (κ3) is 2.11. The molecule has 0 saturated carbocycles. The average molecular weight is 212 g/mol. The molecule has 0 aliphatic heterocycles. The fraction of sp³-hybridized carbons (Fsp3) is 0.500. The Morgan fingerprint density at radius 3 is 2.87 bits per heavy atom. The first kappa shape index (κ1) is 10.4. The van der Waals surface area contributed by atoms with E-state index in [2.05, 4.69) is 0 Å². The molecule has 15 heavy (non-hydrogen) atoms. The minimum Gasteiger partial charge on any atom is -0.493 e. The van der Waals surface area contributed by atoms with Gasteiger partial charge in [0.25, 0.3) is 5.92 Å². The van der Waals surface area contributed by atoms with Gasteiger partial charge in [-0.3, -0.25) is 0 Å². The molecule has 0 spiro atoms. The number of fused-ring (bicyclic) bond motifs is 1. The molecule has 0 amide bonds. The molecule has 0 radical (unpaired) electrons. The fourth-order valence-electron chi connectivity index (χ4n) is 1.92. The number of benzene rings is 1. The molecule has 82 valence electrons. The highest BCUT2D eigenvalue weighted by Gasteiger charge is 2.38. The van der Waals surface area contributed by atoms with E-state index in [1.165, 1.54) is 0 Å². The molecule has 0 fully saturated rings. The molecule has 0 heterocycles. The first-order valence-corrected chi connectivity index (χ1v) is 5.24. The van der Waals surface area contributed by atoms with Crippen molar-refractivity contribution >= 4 is 0 Å². The lowest BCUT2D eigenvalue weighted by Gasteiger charge is -2.09. The third-order valence-corrected chi connectivity index (χ3v) is 2.58. The molecule has 2 rings (SSSR count). The van der Waals surface area contributed by atoms with Crippen LogP contribution >= 0.6 is 0 Å². The summed E-state index contributed by atoms with van der Waals surface area (Å²) in [6.45, 7) is 2.58. The van der Waals surface area contributed by atoms with Gasteiger partial charge in [0.15, 0.2) is 0 Å². The molecule has 0 unspecified atom stereocenters. The Hall–Kier alpha value is -1.12. The summed E-state index contributed by atoms with van der Waals surface area (Å²) in [5, 5.41) is 0. The van der Waals surface area contributed by atoms with E-state index >= 15 is 0 Å². The van der Waals surface area contributed by atoms with Gasteiger partial charge in [0.05, 0.1) is 6.61 Å². The summed E-state index contributed by atoms with van der Waals surface area (Å²) in [5.74, 6) is -1.96. The molecule has 0 N–H and O–H groups in total. The molecule has 0 aromatic heterocycles. The quantitative estimate of drug-likeness (QED) is 0.747. The van der Waals surface area contributed by atoms with Crippen LogP contribution in [0.2, 0.25) is 0 Å². The molecular weight excluding hydrogens is 198 g/mol. The first-order valence-electron chi connectivity index (χ1n) is 5.24. The van der Waals surface area contributed by atoms with E-state index in [-0.39, 0.29) is 12.8 Å². The van der Waals surface area contributed by atoms with E-state index in [1.54, 1.807) is 18.2 Å². The molecule has 1 aromatic rings. The van der Waals surface area contributed by atoms with E-state index in [4.69, 9.17) is 4.74 Å². The predicted molar refractivity (Wildman–Crippen MR) is 54.6 cm³/mol. The maximum absolute atomic E-state index is 13.2. The molecule has 0 bridgehead atoms. The Labute approximate surface area is 88.1 Å². The topological polar surface area (TPSA) is 9.23 Å². The molecule has 1 nitrogen and oxygen atoms in total. The zero-order chi connectivity index (χ0) is 10.9. The molecule has 1 aromatic carbocycles. The molecule has 1 aliphatic rings. The largest absolute Gasteiger partial charge is 0.493 e. The lowest BCUT2D eigenvalue weighted by molar-refractivity contribution is 0.0127. The van der Waals surface area contributed by atoms with E-state index in [0.717, 1.165) is 12.0 Å². The number of halogens is 2. The second-order valence-electron chi connectivity index (χ2n) is 3.95. The van der Waals surface area contributed by atoms with E-state index < -0.39 is 5.92 Å². The van der Waals surface area contributed by atoms with Crippen molar-refractivity contribution in [2.24, 2.45) is 0 Å². The van der Waals surface area contributed by atoms with Gasteiger partial charge >= 0.3 is 0 Å². The Kier molecular flexibility index (Phi) is 2.63. The fourth-order valence-corrected chi connectivity index (χ4v) is 1.92. The molecule has 3 heteroatoms. The highest BCUT2D eigenvalue weighted by atomic mass is 19.3. The Morgan fingerprint density at radius 1 is 1.33 bits per heavy atom. The van der Waals surface area contributed by atoms with Gasteiger partial charge in [-0.1, -0.05) is 19.1 Å². The van der Waals surface area contributed by atoms with Crippen molar-refractivity contribution in [1.82, 2.24) is 0 Å². The summed E-state index contributed by atoms with van der Waals surface area (Å²) in [6.07, 6.45) is 0.563. The standard InChI is InChI=1S/C12H14F2O/c1-2-6-15-11-5-3-4-9-7-12(13,14)8-10(9)11/h3-5H,2,6-8H2,1H3. The Morgan fingerprint density at radius 2 is 2.13 bits per heavy atom. The van der Waals surface area contributed by atoms with Crippen LogP contribution in [0.3, 0.4) is 0 Å². The summed E-state index contributed by atoms with van der Waals surface area (Å²) < 4.78 is 31.8. The van der Waals surface area contributed by atoms with Crippen LogP contribution in [0.25, 0.3) is 0 Å². The third-order valence-electron chi connectivity index (χ3n) is 2.58. The number of alkyl halides is 2. The van der Waals surface area contributed by atoms with Crippen molar-refractivity contribution in [3.05, 3.63) is 29.3 Å². The summed E-state index contributed by atoms with van der Waals surface area (Å²) >= 11 is 0. The molecule has 1 aliphatic carbocycles. The van der Waals surface area contributed by atoms with Gasteiger partial charge in [-0.2, -0.15) is 0 Å². The minimum atomic E-state index is -2.59. The second-order valence-corrected chi connectivity index (χ2v) is 3.95. The molecule has 0 saturated heterocycles.